The minimum absolute atomic E-state index is 0.00811. The van der Waals surface area contributed by atoms with E-state index < -0.39 is 29.3 Å². The standard InChI is InChI=1S/C15H17N3O6/c1-5-10(19)9-8(12(21)11(5)20)6(4-24-14(16)22)15(23-2)13-7(17-13)3-18(9)15/h6-7,13,17,19H,3-4H2,1-2H3,(H2,16,22)/t6-,7+,13+,15-/m1/s1. The number of nitrogens with one attached hydrogen (secondary N) is 1. The van der Waals surface area contributed by atoms with Gasteiger partial charge in [-0.2, -0.15) is 0 Å². The molecule has 4 atom stereocenters. The second-order valence-electron chi connectivity index (χ2n) is 6.39. The molecule has 24 heavy (non-hydrogen) atoms. The number of nitrogens with two attached hydrogens (primary N) is 1. The predicted molar refractivity (Wildman–Crippen MR) is 78.6 cm³/mol. The lowest BCUT2D eigenvalue weighted by atomic mass is 9.82. The number of nitrogens with zero attached hydrogens (tertiary/aromatic N) is 1. The molecule has 1 amide bonds. The first-order valence-electron chi connectivity index (χ1n) is 7.59. The molecular weight excluding hydrogens is 318 g/mol. The number of methoxy groups -OCH3 is 1. The van der Waals surface area contributed by atoms with E-state index in [0.717, 1.165) is 0 Å². The van der Waals surface area contributed by atoms with Crippen LogP contribution < -0.4 is 11.1 Å². The van der Waals surface area contributed by atoms with E-state index in [9.17, 15) is 19.5 Å². The van der Waals surface area contributed by atoms with Crippen molar-refractivity contribution in [1.29, 1.82) is 0 Å². The van der Waals surface area contributed by atoms with Crippen molar-refractivity contribution in [1.82, 2.24) is 10.2 Å². The monoisotopic (exact) mass is 335 g/mol. The van der Waals surface area contributed by atoms with Gasteiger partial charge in [0.1, 0.15) is 12.4 Å². The summed E-state index contributed by atoms with van der Waals surface area (Å²) in [6, 6.07) is 0.0569. The number of hydrogen-bond acceptors (Lipinski definition) is 8. The fraction of sp³-hybridized carbons (Fsp3) is 0.533. The molecule has 3 aliphatic heterocycles. The number of piperazine rings is 1. The number of fused-ring (bicyclic) bond motifs is 4. The van der Waals surface area contributed by atoms with Crippen LogP contribution in [0.25, 0.3) is 0 Å². The van der Waals surface area contributed by atoms with Crippen molar-refractivity contribution in [2.75, 3.05) is 20.3 Å². The van der Waals surface area contributed by atoms with E-state index >= 15 is 0 Å². The number of aliphatic hydroxyl groups is 1. The zero-order valence-electron chi connectivity index (χ0n) is 13.2. The van der Waals surface area contributed by atoms with Gasteiger partial charge in [-0.25, -0.2) is 4.79 Å². The lowest BCUT2D eigenvalue weighted by Crippen LogP contribution is -2.55. The fourth-order valence-corrected chi connectivity index (χ4v) is 4.28. The van der Waals surface area contributed by atoms with Crippen LogP contribution in [0.5, 0.6) is 0 Å². The third-order valence-electron chi connectivity index (χ3n) is 5.40. The van der Waals surface area contributed by atoms with Crippen molar-refractivity contribution < 1.29 is 29.0 Å². The Morgan fingerprint density at radius 3 is 2.79 bits per heavy atom. The van der Waals surface area contributed by atoms with Gasteiger partial charge in [-0.05, 0) is 6.92 Å². The molecule has 4 rings (SSSR count). The Hall–Kier alpha value is -2.39. The quantitative estimate of drug-likeness (QED) is 0.337. The molecule has 9 nitrogen and oxygen atoms in total. The molecule has 0 aromatic rings. The Balaban J connectivity index is 1.87. The van der Waals surface area contributed by atoms with Gasteiger partial charge in [-0.3, -0.25) is 9.59 Å². The van der Waals surface area contributed by atoms with Crippen LogP contribution in [-0.2, 0) is 19.1 Å². The summed E-state index contributed by atoms with van der Waals surface area (Å²) in [5.41, 5.74) is 4.49. The van der Waals surface area contributed by atoms with Crippen LogP contribution in [0.15, 0.2) is 22.6 Å². The van der Waals surface area contributed by atoms with Gasteiger partial charge in [-0.1, -0.05) is 0 Å². The van der Waals surface area contributed by atoms with E-state index in [2.05, 4.69) is 5.32 Å². The molecule has 0 aromatic heterocycles. The molecule has 4 N–H and O–H groups in total. The highest BCUT2D eigenvalue weighted by molar-refractivity contribution is 6.50. The first kappa shape index (κ1) is 15.2. The lowest BCUT2D eigenvalue weighted by molar-refractivity contribution is -0.137. The van der Waals surface area contributed by atoms with Crippen LogP contribution in [0.2, 0.25) is 0 Å². The Labute approximate surface area is 137 Å². The molecule has 3 heterocycles. The van der Waals surface area contributed by atoms with Crippen LogP contribution in [0.3, 0.4) is 0 Å². The van der Waals surface area contributed by atoms with E-state index in [1.807, 2.05) is 0 Å². The van der Waals surface area contributed by atoms with Gasteiger partial charge < -0.3 is 30.5 Å². The van der Waals surface area contributed by atoms with E-state index in [0.29, 0.717) is 12.2 Å². The maximum atomic E-state index is 12.6. The number of primary amides is 1. The second kappa shape index (κ2) is 4.58. The van der Waals surface area contributed by atoms with Crippen LogP contribution in [-0.4, -0.2) is 65.7 Å². The van der Waals surface area contributed by atoms with Gasteiger partial charge in [0, 0.05) is 30.8 Å². The van der Waals surface area contributed by atoms with E-state index in [1.54, 1.807) is 4.90 Å². The molecule has 0 unspecified atom stereocenters. The van der Waals surface area contributed by atoms with Crippen LogP contribution in [0.1, 0.15) is 6.92 Å². The Bertz CT molecular complexity index is 756. The molecule has 1 aliphatic carbocycles. The highest BCUT2D eigenvalue weighted by atomic mass is 16.6. The third-order valence-corrected chi connectivity index (χ3v) is 5.40. The summed E-state index contributed by atoms with van der Waals surface area (Å²) in [4.78, 5) is 37.6. The average Bonchev–Trinajstić information content (AvgIpc) is 3.16. The number of carbonyl (C=O) groups is 3. The van der Waals surface area contributed by atoms with Crippen molar-refractivity contribution in [3.8, 4) is 0 Å². The maximum absolute atomic E-state index is 12.6. The number of Topliss-reactive ketones (excluding diaryl/α,β-unsaturated/α-hetero) is 2. The van der Waals surface area contributed by atoms with Crippen molar-refractivity contribution in [3.05, 3.63) is 22.6 Å². The summed E-state index contributed by atoms with van der Waals surface area (Å²) < 4.78 is 10.7. The van der Waals surface area contributed by atoms with E-state index in [-0.39, 0.29) is 35.6 Å². The van der Waals surface area contributed by atoms with E-state index in [4.69, 9.17) is 15.2 Å². The predicted octanol–water partition coefficient (Wildman–Crippen LogP) is -1.05. The van der Waals surface area contributed by atoms with Crippen LogP contribution in [0.4, 0.5) is 4.79 Å². The number of carbonyl (C=O) groups excluding carboxylic acids is 3. The molecule has 0 bridgehead atoms. The number of ether oxygens (including phenoxy) is 2. The molecule has 9 heteroatoms. The molecule has 2 fully saturated rings. The van der Waals surface area contributed by atoms with Gasteiger partial charge in [0.05, 0.1) is 17.7 Å². The topological polar surface area (TPSA) is 141 Å². The van der Waals surface area contributed by atoms with Gasteiger partial charge >= 0.3 is 6.09 Å². The normalized spacial score (nSPS) is 36.8. The number of amides is 1. The van der Waals surface area contributed by atoms with Gasteiger partial charge in [0.2, 0.25) is 11.6 Å². The Morgan fingerprint density at radius 1 is 1.46 bits per heavy atom. The second-order valence-corrected chi connectivity index (χ2v) is 6.39. The minimum Gasteiger partial charge on any atom is -0.505 e. The van der Waals surface area contributed by atoms with Crippen LogP contribution in [0, 0.1) is 5.92 Å². The summed E-state index contributed by atoms with van der Waals surface area (Å²) in [7, 11) is 1.49. The van der Waals surface area contributed by atoms with Crippen molar-refractivity contribution >= 4 is 17.7 Å². The summed E-state index contributed by atoms with van der Waals surface area (Å²) in [5.74, 6) is -2.41. The summed E-state index contributed by atoms with van der Waals surface area (Å²) in [6.07, 6.45) is -0.981. The average molecular weight is 335 g/mol. The molecule has 0 aromatic carbocycles. The third kappa shape index (κ3) is 1.58. The molecule has 0 radical (unpaired) electrons. The fourth-order valence-electron chi connectivity index (χ4n) is 4.28. The number of aliphatic hydroxyl groups excluding tert-OH is 1. The van der Waals surface area contributed by atoms with Gasteiger partial charge in [0.25, 0.3) is 0 Å². The van der Waals surface area contributed by atoms with E-state index in [1.165, 1.54) is 14.0 Å². The molecule has 0 saturated carbocycles. The zero-order valence-corrected chi connectivity index (χ0v) is 13.2. The SMILES string of the molecule is CO[C@@]12[C@H](COC(N)=O)C3=C(C(O)=C(C)C(=O)C3=O)N1C[C@@H]1N[C@@H]12. The number of hydrogen-bond donors (Lipinski definition) is 3. The largest absolute Gasteiger partial charge is 0.505 e. The Kier molecular flexibility index (Phi) is 2.89. The summed E-state index contributed by atoms with van der Waals surface area (Å²) in [5, 5.41) is 13.7. The Morgan fingerprint density at radius 2 is 2.17 bits per heavy atom. The maximum Gasteiger partial charge on any atom is 0.404 e. The summed E-state index contributed by atoms with van der Waals surface area (Å²) >= 11 is 0. The smallest absolute Gasteiger partial charge is 0.404 e. The summed E-state index contributed by atoms with van der Waals surface area (Å²) in [6.45, 7) is 1.72. The molecular formula is C15H17N3O6. The molecule has 0 spiro atoms. The minimum atomic E-state index is -1.00. The first-order chi connectivity index (χ1) is 11.3. The van der Waals surface area contributed by atoms with Crippen molar-refractivity contribution in [2.24, 2.45) is 11.7 Å². The molecule has 2 saturated heterocycles. The first-order valence-corrected chi connectivity index (χ1v) is 7.59. The molecule has 4 aliphatic rings. The number of ketones is 2. The van der Waals surface area contributed by atoms with Gasteiger partial charge in [-0.15, -0.1) is 0 Å². The highest BCUT2D eigenvalue weighted by Crippen LogP contribution is 2.56. The zero-order chi connectivity index (χ0) is 17.4. The molecule has 128 valence electrons. The van der Waals surface area contributed by atoms with Crippen molar-refractivity contribution in [3.63, 3.8) is 0 Å². The lowest BCUT2D eigenvalue weighted by Gasteiger charge is -2.39. The highest BCUT2D eigenvalue weighted by Gasteiger charge is 2.72. The number of allylic oxidation sites excluding steroid dienone is 1. The van der Waals surface area contributed by atoms with Gasteiger partial charge in [0.15, 0.2) is 5.72 Å². The van der Waals surface area contributed by atoms with Crippen molar-refractivity contribution in [2.45, 2.75) is 24.7 Å². The van der Waals surface area contributed by atoms with Crippen LogP contribution >= 0.6 is 0 Å². The number of rotatable bonds is 3.